The van der Waals surface area contributed by atoms with Gasteiger partial charge >= 0.3 is 5.97 Å². The van der Waals surface area contributed by atoms with Gasteiger partial charge in [0.2, 0.25) is 0 Å². The Balaban J connectivity index is 2.66. The van der Waals surface area contributed by atoms with E-state index in [1.165, 1.54) is 6.92 Å². The first-order chi connectivity index (χ1) is 9.45. The number of halogens is 3. The highest BCUT2D eigenvalue weighted by atomic mass is 19.2. The molecule has 0 radical (unpaired) electrons. The molecular formula is C13H10F3NO3. The SMILES string of the molecule is CCOC(=O)Cc1c(F)c2cc(F)ccc2n(F)c1=O. The van der Waals surface area contributed by atoms with Crippen LogP contribution in [0.15, 0.2) is 23.0 Å². The fourth-order valence-corrected chi connectivity index (χ4v) is 1.85. The van der Waals surface area contributed by atoms with Crippen LogP contribution in [0.4, 0.5) is 13.3 Å². The average molecular weight is 285 g/mol. The van der Waals surface area contributed by atoms with Crippen LogP contribution in [0.5, 0.6) is 0 Å². The number of ether oxygens (including phenoxy) is 1. The maximum atomic E-state index is 14.1. The third-order valence-electron chi connectivity index (χ3n) is 2.73. The van der Waals surface area contributed by atoms with Crippen molar-refractivity contribution >= 4 is 16.9 Å². The molecule has 4 nitrogen and oxygen atoms in total. The van der Waals surface area contributed by atoms with E-state index in [-0.39, 0.29) is 11.4 Å². The fourth-order valence-electron chi connectivity index (χ4n) is 1.85. The van der Waals surface area contributed by atoms with Gasteiger partial charge in [0.05, 0.1) is 24.1 Å². The average Bonchev–Trinajstić information content (AvgIpc) is 2.41. The Morgan fingerprint density at radius 3 is 2.70 bits per heavy atom. The van der Waals surface area contributed by atoms with Gasteiger partial charge < -0.3 is 4.74 Å². The summed E-state index contributed by atoms with van der Waals surface area (Å²) < 4.78 is 45.6. The third-order valence-corrected chi connectivity index (χ3v) is 2.73. The molecule has 0 saturated carbocycles. The molecule has 1 heterocycles. The van der Waals surface area contributed by atoms with Crippen LogP contribution in [0.25, 0.3) is 10.9 Å². The molecule has 0 saturated heterocycles. The van der Waals surface area contributed by atoms with Crippen molar-refractivity contribution in [1.82, 2.24) is 4.79 Å². The summed E-state index contributed by atoms with van der Waals surface area (Å²) in [7, 11) is 0. The lowest BCUT2D eigenvalue weighted by molar-refractivity contribution is -0.142. The molecule has 1 aromatic heterocycles. The van der Waals surface area contributed by atoms with Crippen molar-refractivity contribution in [1.29, 1.82) is 0 Å². The van der Waals surface area contributed by atoms with Crippen molar-refractivity contribution < 1.29 is 22.8 Å². The lowest BCUT2D eigenvalue weighted by Crippen LogP contribution is -2.24. The number of hydrogen-bond donors (Lipinski definition) is 0. The van der Waals surface area contributed by atoms with Crippen molar-refractivity contribution in [2.75, 3.05) is 6.61 Å². The van der Waals surface area contributed by atoms with Gasteiger partial charge in [0.1, 0.15) is 11.6 Å². The van der Waals surface area contributed by atoms with E-state index in [9.17, 15) is 22.9 Å². The number of carbonyl (C=O) groups is 1. The second-order valence-electron chi connectivity index (χ2n) is 4.02. The summed E-state index contributed by atoms with van der Waals surface area (Å²) in [5, 5.41) is -0.411. The largest absolute Gasteiger partial charge is 0.466 e. The quantitative estimate of drug-likeness (QED) is 0.812. The van der Waals surface area contributed by atoms with Gasteiger partial charge in [0, 0.05) is 5.39 Å². The van der Waals surface area contributed by atoms with Gasteiger partial charge in [-0.3, -0.25) is 9.59 Å². The zero-order valence-corrected chi connectivity index (χ0v) is 10.5. The minimum Gasteiger partial charge on any atom is -0.466 e. The highest BCUT2D eigenvalue weighted by Gasteiger charge is 2.20. The van der Waals surface area contributed by atoms with Gasteiger partial charge in [-0.25, -0.2) is 8.78 Å². The second-order valence-corrected chi connectivity index (χ2v) is 4.02. The molecular weight excluding hydrogens is 275 g/mol. The Kier molecular flexibility index (Phi) is 3.78. The van der Waals surface area contributed by atoms with Crippen molar-refractivity contribution in [3.63, 3.8) is 0 Å². The summed E-state index contributed by atoms with van der Waals surface area (Å²) in [6.45, 7) is 1.59. The molecule has 20 heavy (non-hydrogen) atoms. The molecule has 1 aromatic carbocycles. The Morgan fingerprint density at radius 1 is 1.35 bits per heavy atom. The molecule has 0 fully saturated rings. The van der Waals surface area contributed by atoms with Crippen LogP contribution in [0.3, 0.4) is 0 Å². The third kappa shape index (κ3) is 2.38. The standard InChI is InChI=1S/C13H10F3NO3/c1-2-20-11(18)6-9-12(15)8-5-7(14)3-4-10(8)17(16)13(9)19/h3-5H,2,6H2,1H3. The number of hydrogen-bond acceptors (Lipinski definition) is 3. The number of pyridine rings is 1. The minimum atomic E-state index is -1.30. The Hall–Kier alpha value is -2.31. The van der Waals surface area contributed by atoms with E-state index >= 15 is 0 Å². The van der Waals surface area contributed by atoms with Crippen LogP contribution in [0.2, 0.25) is 0 Å². The maximum Gasteiger partial charge on any atom is 0.310 e. The molecule has 0 N–H and O–H groups in total. The molecule has 0 unspecified atom stereocenters. The first-order valence-electron chi connectivity index (χ1n) is 5.80. The molecule has 2 rings (SSSR count). The maximum absolute atomic E-state index is 14.1. The first kappa shape index (κ1) is 14.1. The minimum absolute atomic E-state index is 0.0481. The topological polar surface area (TPSA) is 48.3 Å². The van der Waals surface area contributed by atoms with E-state index in [2.05, 4.69) is 4.74 Å². The summed E-state index contributed by atoms with van der Waals surface area (Å²) in [6, 6.07) is 2.61. The monoisotopic (exact) mass is 285 g/mol. The molecule has 106 valence electrons. The van der Waals surface area contributed by atoms with Crippen molar-refractivity contribution in [2.24, 2.45) is 0 Å². The smallest absolute Gasteiger partial charge is 0.310 e. The lowest BCUT2D eigenvalue weighted by atomic mass is 10.1. The van der Waals surface area contributed by atoms with Crippen molar-refractivity contribution in [3.05, 3.63) is 45.8 Å². The van der Waals surface area contributed by atoms with Gasteiger partial charge in [-0.2, -0.15) is 0 Å². The van der Waals surface area contributed by atoms with E-state index in [1.807, 2.05) is 0 Å². The Bertz CT molecular complexity index is 740. The lowest BCUT2D eigenvalue weighted by Gasteiger charge is -2.08. The van der Waals surface area contributed by atoms with E-state index in [0.29, 0.717) is 0 Å². The van der Waals surface area contributed by atoms with Gasteiger partial charge in [0.25, 0.3) is 5.56 Å². The summed E-state index contributed by atoms with van der Waals surface area (Å²) in [4.78, 5) is 22.7. The zero-order chi connectivity index (χ0) is 14.9. The summed E-state index contributed by atoms with van der Waals surface area (Å²) in [5.41, 5.74) is -2.39. The number of benzene rings is 1. The molecule has 0 spiro atoms. The van der Waals surface area contributed by atoms with Gasteiger partial charge in [-0.15, -0.1) is 4.79 Å². The van der Waals surface area contributed by atoms with Crippen LogP contribution < -0.4 is 5.56 Å². The number of carbonyl (C=O) groups excluding carboxylic acids is 1. The zero-order valence-electron chi connectivity index (χ0n) is 10.5. The number of aromatic nitrogens is 1. The summed E-state index contributed by atoms with van der Waals surface area (Å²) >= 11 is 0. The predicted octanol–water partition coefficient (Wildman–Crippen LogP) is 2.12. The molecule has 0 bridgehead atoms. The number of esters is 1. The van der Waals surface area contributed by atoms with E-state index < -0.39 is 46.1 Å². The van der Waals surface area contributed by atoms with Gasteiger partial charge in [0.15, 0.2) is 0 Å². The molecule has 0 aliphatic rings. The molecule has 7 heteroatoms. The highest BCUT2D eigenvalue weighted by Crippen LogP contribution is 2.20. The summed E-state index contributed by atoms with van der Waals surface area (Å²) in [5.74, 6) is -2.76. The molecule has 0 aliphatic carbocycles. The van der Waals surface area contributed by atoms with Crippen molar-refractivity contribution in [3.8, 4) is 0 Å². The normalized spacial score (nSPS) is 10.8. The first-order valence-corrected chi connectivity index (χ1v) is 5.80. The van der Waals surface area contributed by atoms with E-state index in [1.54, 1.807) is 0 Å². The van der Waals surface area contributed by atoms with Crippen molar-refractivity contribution in [2.45, 2.75) is 13.3 Å². The van der Waals surface area contributed by atoms with Crippen LogP contribution >= 0.6 is 0 Å². The molecule has 0 aliphatic heterocycles. The number of rotatable bonds is 3. The Morgan fingerprint density at radius 2 is 2.05 bits per heavy atom. The molecule has 2 aromatic rings. The number of nitrogens with zero attached hydrogens (tertiary/aromatic N) is 1. The van der Waals surface area contributed by atoms with E-state index in [4.69, 9.17) is 0 Å². The highest BCUT2D eigenvalue weighted by molar-refractivity contribution is 5.82. The van der Waals surface area contributed by atoms with Crippen LogP contribution in [0, 0.1) is 11.6 Å². The van der Waals surface area contributed by atoms with Crippen LogP contribution in [-0.2, 0) is 16.0 Å². The van der Waals surface area contributed by atoms with Gasteiger partial charge in [-0.05, 0) is 25.1 Å². The van der Waals surface area contributed by atoms with Crippen LogP contribution in [-0.4, -0.2) is 17.4 Å². The molecule has 0 atom stereocenters. The fraction of sp³-hybridized carbons (Fsp3) is 0.231. The van der Waals surface area contributed by atoms with Gasteiger partial charge in [-0.1, -0.05) is 4.48 Å². The summed E-state index contributed by atoms with van der Waals surface area (Å²) in [6.07, 6.45) is -0.713. The number of fused-ring (bicyclic) bond motifs is 1. The molecule has 0 amide bonds. The van der Waals surface area contributed by atoms with E-state index in [0.717, 1.165) is 18.2 Å². The Labute approximate surface area is 111 Å². The second kappa shape index (κ2) is 5.36. The predicted molar refractivity (Wildman–Crippen MR) is 65.0 cm³/mol. The van der Waals surface area contributed by atoms with Crippen LogP contribution in [0.1, 0.15) is 12.5 Å².